The quantitative estimate of drug-likeness (QED) is 0.924. The zero-order chi connectivity index (χ0) is 16.5. The van der Waals surface area contributed by atoms with Crippen LogP contribution in [-0.4, -0.2) is 42.7 Å². The number of azo groups is 1. The molecule has 0 radical (unpaired) electrons. The van der Waals surface area contributed by atoms with E-state index in [4.69, 9.17) is 4.98 Å². The molecule has 0 amide bonds. The van der Waals surface area contributed by atoms with E-state index in [0.717, 1.165) is 57.0 Å². The number of hydrogen-bond acceptors (Lipinski definition) is 6. The van der Waals surface area contributed by atoms with Gasteiger partial charge < -0.3 is 10.2 Å². The molecule has 1 aromatic heterocycles. The Morgan fingerprint density at radius 2 is 2.04 bits per heavy atom. The summed E-state index contributed by atoms with van der Waals surface area (Å²) >= 11 is 0. The molecule has 3 aliphatic rings. The van der Waals surface area contributed by atoms with Crippen molar-refractivity contribution in [1.29, 1.82) is 0 Å². The van der Waals surface area contributed by atoms with Crippen molar-refractivity contribution < 1.29 is 0 Å². The van der Waals surface area contributed by atoms with Crippen molar-refractivity contribution in [3.8, 4) is 0 Å². The summed E-state index contributed by atoms with van der Waals surface area (Å²) in [4.78, 5) is 11.6. The molecule has 24 heavy (non-hydrogen) atoms. The van der Waals surface area contributed by atoms with Crippen molar-refractivity contribution in [3.05, 3.63) is 28.9 Å². The largest absolute Gasteiger partial charge is 0.357 e. The number of aromatic nitrogens is 2. The average molecular weight is 326 g/mol. The zero-order valence-electron chi connectivity index (χ0n) is 14.6. The van der Waals surface area contributed by atoms with Crippen molar-refractivity contribution in [3.63, 3.8) is 0 Å². The summed E-state index contributed by atoms with van der Waals surface area (Å²) in [6.07, 6.45) is 5.81. The van der Waals surface area contributed by atoms with Crippen LogP contribution in [0.3, 0.4) is 0 Å². The predicted molar refractivity (Wildman–Crippen MR) is 94.4 cm³/mol. The maximum absolute atomic E-state index is 4.71. The van der Waals surface area contributed by atoms with E-state index in [2.05, 4.69) is 38.5 Å². The Morgan fingerprint density at radius 3 is 2.88 bits per heavy atom. The Kier molecular flexibility index (Phi) is 4.31. The molecule has 1 atom stereocenters. The first-order valence-electron chi connectivity index (χ1n) is 9.11. The molecule has 128 valence electrons. The zero-order valence-corrected chi connectivity index (χ0v) is 14.6. The van der Waals surface area contributed by atoms with Gasteiger partial charge >= 0.3 is 0 Å². The molecule has 0 spiro atoms. The van der Waals surface area contributed by atoms with E-state index >= 15 is 0 Å². The van der Waals surface area contributed by atoms with Crippen LogP contribution in [0.25, 0.3) is 0 Å². The van der Waals surface area contributed by atoms with Crippen LogP contribution in [0.5, 0.6) is 0 Å². The van der Waals surface area contributed by atoms with Gasteiger partial charge in [-0.25, -0.2) is 9.97 Å². The first-order valence-corrected chi connectivity index (χ1v) is 9.11. The van der Waals surface area contributed by atoms with Gasteiger partial charge in [0.15, 0.2) is 0 Å². The lowest BCUT2D eigenvalue weighted by Gasteiger charge is -2.25. The van der Waals surface area contributed by atoms with Crippen LogP contribution in [0.15, 0.2) is 27.6 Å². The second-order valence-corrected chi connectivity index (χ2v) is 7.16. The summed E-state index contributed by atoms with van der Waals surface area (Å²) in [6.45, 7) is 5.01. The van der Waals surface area contributed by atoms with Crippen molar-refractivity contribution in [1.82, 2.24) is 15.3 Å². The highest BCUT2D eigenvalue weighted by Crippen LogP contribution is 2.36. The predicted octanol–water partition coefficient (Wildman–Crippen LogP) is 2.96. The van der Waals surface area contributed by atoms with E-state index in [9.17, 15) is 0 Å². The maximum Gasteiger partial charge on any atom is 0.132 e. The molecule has 1 saturated heterocycles. The van der Waals surface area contributed by atoms with Gasteiger partial charge in [-0.3, -0.25) is 0 Å². The van der Waals surface area contributed by atoms with Gasteiger partial charge in [-0.15, -0.1) is 0 Å². The van der Waals surface area contributed by atoms with Gasteiger partial charge in [-0.2, -0.15) is 10.2 Å². The fourth-order valence-corrected chi connectivity index (χ4v) is 4.03. The van der Waals surface area contributed by atoms with Gasteiger partial charge in [0, 0.05) is 31.3 Å². The van der Waals surface area contributed by atoms with E-state index < -0.39 is 0 Å². The van der Waals surface area contributed by atoms with Crippen molar-refractivity contribution in [2.24, 2.45) is 10.2 Å². The second-order valence-electron chi connectivity index (χ2n) is 7.16. The molecule has 1 fully saturated rings. The lowest BCUT2D eigenvalue weighted by Crippen LogP contribution is -2.30. The van der Waals surface area contributed by atoms with Gasteiger partial charge in [0.05, 0.1) is 5.70 Å². The van der Waals surface area contributed by atoms with Crippen LogP contribution in [-0.2, 0) is 0 Å². The maximum atomic E-state index is 4.71. The smallest absolute Gasteiger partial charge is 0.132 e. The number of nitrogens with zero attached hydrogens (tertiary/aromatic N) is 5. The minimum Gasteiger partial charge on any atom is -0.357 e. The number of nitrogens with one attached hydrogen (secondary N) is 1. The van der Waals surface area contributed by atoms with Crippen LogP contribution in [0.4, 0.5) is 5.82 Å². The standard InChI is InChI=1S/C18H26N6/c1-12-20-16(13-6-8-19-9-7-13)10-18(21-12)24(2)11-17-14-4-3-5-15(14)22-23-17/h10,13,17,19H,3-9,11H2,1-2H3. The molecule has 6 heteroatoms. The number of piperidine rings is 1. The van der Waals surface area contributed by atoms with Crippen LogP contribution in [0.1, 0.15) is 49.5 Å². The highest BCUT2D eigenvalue weighted by atomic mass is 15.2. The Hall–Kier alpha value is -1.82. The summed E-state index contributed by atoms with van der Waals surface area (Å²) in [5.41, 5.74) is 3.88. The summed E-state index contributed by atoms with van der Waals surface area (Å²) in [6, 6.07) is 2.39. The molecule has 1 N–H and O–H groups in total. The highest BCUT2D eigenvalue weighted by molar-refractivity contribution is 5.41. The summed E-state index contributed by atoms with van der Waals surface area (Å²) < 4.78 is 0. The van der Waals surface area contributed by atoms with Crippen molar-refractivity contribution >= 4 is 5.82 Å². The van der Waals surface area contributed by atoms with Gasteiger partial charge in [0.2, 0.25) is 0 Å². The van der Waals surface area contributed by atoms with E-state index in [-0.39, 0.29) is 6.04 Å². The lowest BCUT2D eigenvalue weighted by molar-refractivity contribution is 0.452. The highest BCUT2D eigenvalue weighted by Gasteiger charge is 2.29. The third-order valence-electron chi connectivity index (χ3n) is 5.39. The van der Waals surface area contributed by atoms with Crippen LogP contribution < -0.4 is 10.2 Å². The van der Waals surface area contributed by atoms with Crippen LogP contribution in [0.2, 0.25) is 0 Å². The molecular weight excluding hydrogens is 300 g/mol. The van der Waals surface area contributed by atoms with Gasteiger partial charge in [-0.05, 0) is 57.7 Å². The Balaban J connectivity index is 1.50. The number of rotatable bonds is 4. The molecule has 0 aromatic carbocycles. The molecular formula is C18H26N6. The van der Waals surface area contributed by atoms with Gasteiger partial charge in [-0.1, -0.05) is 0 Å². The number of likely N-dealkylation sites (N-methyl/N-ethyl adjacent to an activating group) is 1. The summed E-state index contributed by atoms with van der Waals surface area (Å²) in [5, 5.41) is 12.3. The van der Waals surface area contributed by atoms with E-state index in [1.165, 1.54) is 23.4 Å². The second kappa shape index (κ2) is 6.59. The minimum atomic E-state index is 0.213. The molecule has 6 nitrogen and oxygen atoms in total. The number of anilines is 1. The molecule has 1 aromatic rings. The molecule has 1 unspecified atom stereocenters. The molecule has 2 aliphatic heterocycles. The monoisotopic (exact) mass is 326 g/mol. The Morgan fingerprint density at radius 1 is 1.21 bits per heavy atom. The van der Waals surface area contributed by atoms with E-state index in [1.54, 1.807) is 0 Å². The van der Waals surface area contributed by atoms with Crippen LogP contribution in [0, 0.1) is 6.92 Å². The first kappa shape index (κ1) is 15.7. The third kappa shape index (κ3) is 3.07. The topological polar surface area (TPSA) is 65.8 Å². The molecule has 0 bridgehead atoms. The third-order valence-corrected chi connectivity index (χ3v) is 5.39. The molecule has 0 saturated carbocycles. The first-order chi connectivity index (χ1) is 11.7. The fourth-order valence-electron chi connectivity index (χ4n) is 4.03. The lowest BCUT2D eigenvalue weighted by atomic mass is 9.94. The molecule has 3 heterocycles. The van der Waals surface area contributed by atoms with Crippen molar-refractivity contribution in [2.75, 3.05) is 31.6 Å². The van der Waals surface area contributed by atoms with Crippen molar-refractivity contribution in [2.45, 2.75) is 51.0 Å². The number of hydrogen-bond donors (Lipinski definition) is 1. The molecule has 1 aliphatic carbocycles. The summed E-state index contributed by atoms with van der Waals surface area (Å²) in [7, 11) is 2.11. The average Bonchev–Trinajstić information content (AvgIpc) is 3.20. The summed E-state index contributed by atoms with van der Waals surface area (Å²) in [5.74, 6) is 2.43. The SMILES string of the molecule is Cc1nc(C2CCNCC2)cc(N(C)CC2N=NC3=C2CCC3)n1. The minimum absolute atomic E-state index is 0.213. The number of aryl methyl sites for hydroxylation is 1. The van der Waals surface area contributed by atoms with Crippen LogP contribution >= 0.6 is 0 Å². The van der Waals surface area contributed by atoms with E-state index in [0.29, 0.717) is 5.92 Å². The normalized spacial score (nSPS) is 23.8. The fraction of sp³-hybridized carbons (Fsp3) is 0.667. The van der Waals surface area contributed by atoms with Gasteiger partial charge in [0.1, 0.15) is 17.7 Å². The molecule has 4 rings (SSSR count). The number of allylic oxidation sites excluding steroid dienone is 1. The Labute approximate surface area is 143 Å². The van der Waals surface area contributed by atoms with E-state index in [1.807, 2.05) is 6.92 Å². The van der Waals surface area contributed by atoms with Gasteiger partial charge in [0.25, 0.3) is 0 Å². The Bertz CT molecular complexity index is 674.